The van der Waals surface area contributed by atoms with Gasteiger partial charge in [-0.3, -0.25) is 4.79 Å². The lowest BCUT2D eigenvalue weighted by Crippen LogP contribution is -2.38. The molecule has 3 aromatic rings. The van der Waals surface area contributed by atoms with Crippen LogP contribution in [0.3, 0.4) is 0 Å². The van der Waals surface area contributed by atoms with Gasteiger partial charge >= 0.3 is 0 Å². The number of hydrogen-bond donors (Lipinski definition) is 2. The molecule has 1 fully saturated rings. The Balaban J connectivity index is 1.40. The van der Waals surface area contributed by atoms with Crippen molar-refractivity contribution in [3.05, 3.63) is 48.0 Å². The molecule has 4 rings (SSSR count). The third-order valence-corrected chi connectivity index (χ3v) is 5.91. The number of rotatable bonds is 3. The first-order chi connectivity index (χ1) is 12.6. The lowest BCUT2D eigenvalue weighted by molar-refractivity contribution is -0.120. The minimum absolute atomic E-state index is 0.0222. The van der Waals surface area contributed by atoms with E-state index in [2.05, 4.69) is 35.3 Å². The molecule has 1 amide bonds. The van der Waals surface area contributed by atoms with Crippen LogP contribution in [0, 0.1) is 12.8 Å². The highest BCUT2D eigenvalue weighted by molar-refractivity contribution is 7.22. The van der Waals surface area contributed by atoms with Gasteiger partial charge in [0.15, 0.2) is 5.13 Å². The van der Waals surface area contributed by atoms with E-state index in [1.54, 1.807) is 35.6 Å². The summed E-state index contributed by atoms with van der Waals surface area (Å²) in [5, 5.41) is 13.7. The fourth-order valence-corrected chi connectivity index (χ4v) is 4.42. The minimum atomic E-state index is -0.0394. The van der Waals surface area contributed by atoms with Gasteiger partial charge < -0.3 is 15.3 Å². The van der Waals surface area contributed by atoms with Crippen molar-refractivity contribution in [3.63, 3.8) is 0 Å². The molecule has 5 nitrogen and oxygen atoms in total. The van der Waals surface area contributed by atoms with Gasteiger partial charge in [-0.25, -0.2) is 4.98 Å². The average molecular weight is 367 g/mol. The third-order valence-electron chi connectivity index (χ3n) is 4.83. The number of aryl methyl sites for hydroxylation is 1. The molecule has 2 heterocycles. The smallest absolute Gasteiger partial charge is 0.227 e. The molecular formula is C20H21N3O2S. The highest BCUT2D eigenvalue weighted by atomic mass is 32.1. The number of piperidine rings is 1. The topological polar surface area (TPSA) is 65.5 Å². The number of nitrogens with zero attached hydrogens (tertiary/aromatic N) is 2. The van der Waals surface area contributed by atoms with Crippen molar-refractivity contribution >= 4 is 38.3 Å². The first kappa shape index (κ1) is 16.8. The number of thiazole rings is 1. The number of anilines is 2. The lowest BCUT2D eigenvalue weighted by Gasteiger charge is -2.31. The largest absolute Gasteiger partial charge is 0.506 e. The van der Waals surface area contributed by atoms with E-state index in [-0.39, 0.29) is 17.6 Å². The third kappa shape index (κ3) is 3.37. The molecule has 0 unspecified atom stereocenters. The highest BCUT2D eigenvalue weighted by Gasteiger charge is 2.26. The second-order valence-electron chi connectivity index (χ2n) is 6.74. The van der Waals surface area contributed by atoms with Crippen molar-refractivity contribution in [2.75, 3.05) is 23.3 Å². The molecule has 1 saturated heterocycles. The molecule has 0 spiro atoms. The molecule has 2 aromatic carbocycles. The number of amides is 1. The maximum absolute atomic E-state index is 12.5. The Hall–Kier alpha value is -2.60. The molecule has 0 aliphatic carbocycles. The first-order valence-corrected chi connectivity index (χ1v) is 9.63. The Morgan fingerprint density at radius 3 is 2.77 bits per heavy atom. The molecule has 0 bridgehead atoms. The highest BCUT2D eigenvalue weighted by Crippen LogP contribution is 2.32. The normalized spacial score (nSPS) is 15.3. The Bertz CT molecular complexity index is 945. The number of benzene rings is 2. The van der Waals surface area contributed by atoms with Crippen molar-refractivity contribution in [2.45, 2.75) is 19.8 Å². The van der Waals surface area contributed by atoms with Crippen molar-refractivity contribution < 1.29 is 9.90 Å². The van der Waals surface area contributed by atoms with Gasteiger partial charge in [-0.1, -0.05) is 29.5 Å². The second kappa shape index (κ2) is 6.96. The summed E-state index contributed by atoms with van der Waals surface area (Å²) in [6.07, 6.45) is 1.57. The molecule has 1 aliphatic rings. The summed E-state index contributed by atoms with van der Waals surface area (Å²) < 4.78 is 1.21. The van der Waals surface area contributed by atoms with Gasteiger partial charge in [-0.05, 0) is 49.6 Å². The van der Waals surface area contributed by atoms with Crippen molar-refractivity contribution in [1.29, 1.82) is 0 Å². The van der Waals surface area contributed by atoms with Crippen LogP contribution in [-0.2, 0) is 4.79 Å². The Labute approximate surface area is 156 Å². The molecule has 26 heavy (non-hydrogen) atoms. The molecular weight excluding hydrogens is 346 g/mol. The van der Waals surface area contributed by atoms with Crippen LogP contribution in [0.15, 0.2) is 42.5 Å². The van der Waals surface area contributed by atoms with Crippen molar-refractivity contribution in [1.82, 2.24) is 4.98 Å². The van der Waals surface area contributed by atoms with Crippen LogP contribution < -0.4 is 10.2 Å². The summed E-state index contributed by atoms with van der Waals surface area (Å²) in [6, 6.07) is 13.1. The van der Waals surface area contributed by atoms with Crippen LogP contribution in [0.1, 0.15) is 18.4 Å². The van der Waals surface area contributed by atoms with Crippen LogP contribution in [0.5, 0.6) is 5.75 Å². The molecule has 2 N–H and O–H groups in total. The lowest BCUT2D eigenvalue weighted by atomic mass is 9.96. The summed E-state index contributed by atoms with van der Waals surface area (Å²) in [6.45, 7) is 3.72. The maximum Gasteiger partial charge on any atom is 0.227 e. The zero-order valence-electron chi connectivity index (χ0n) is 14.6. The van der Waals surface area contributed by atoms with Crippen molar-refractivity contribution in [2.24, 2.45) is 5.92 Å². The molecule has 0 atom stereocenters. The van der Waals surface area contributed by atoms with E-state index in [1.807, 2.05) is 0 Å². The quantitative estimate of drug-likeness (QED) is 0.682. The predicted molar refractivity (Wildman–Crippen MR) is 106 cm³/mol. The SMILES string of the molecule is Cc1ccc2nc(N3CCC(C(=O)Nc4ccccc4O)CC3)sc2c1. The zero-order valence-corrected chi connectivity index (χ0v) is 15.4. The average Bonchev–Trinajstić information content (AvgIpc) is 3.07. The van der Waals surface area contributed by atoms with Crippen LogP contribution in [0.4, 0.5) is 10.8 Å². The molecule has 6 heteroatoms. The summed E-state index contributed by atoms with van der Waals surface area (Å²) >= 11 is 1.71. The van der Waals surface area contributed by atoms with Crippen LogP contribution in [0.25, 0.3) is 10.2 Å². The molecule has 1 aromatic heterocycles. The minimum Gasteiger partial charge on any atom is -0.506 e. The van der Waals surface area contributed by atoms with E-state index in [4.69, 9.17) is 4.98 Å². The summed E-state index contributed by atoms with van der Waals surface area (Å²) in [5.74, 6) is 0.0385. The zero-order chi connectivity index (χ0) is 18.1. The van der Waals surface area contributed by atoms with Crippen LogP contribution in [0.2, 0.25) is 0 Å². The summed E-state index contributed by atoms with van der Waals surface area (Å²) in [5.41, 5.74) is 2.75. The van der Waals surface area contributed by atoms with E-state index in [1.165, 1.54) is 10.3 Å². The number of nitrogens with one attached hydrogen (secondary N) is 1. The maximum atomic E-state index is 12.5. The Morgan fingerprint density at radius 2 is 2.00 bits per heavy atom. The monoisotopic (exact) mass is 367 g/mol. The van der Waals surface area contributed by atoms with Crippen molar-refractivity contribution in [3.8, 4) is 5.75 Å². The van der Waals surface area contributed by atoms with Gasteiger partial charge in [0, 0.05) is 19.0 Å². The number of phenolic OH excluding ortho intramolecular Hbond substituents is 1. The number of phenols is 1. The van der Waals surface area contributed by atoms with E-state index < -0.39 is 0 Å². The predicted octanol–water partition coefficient (Wildman–Crippen LogP) is 4.17. The van der Waals surface area contributed by atoms with Crippen LogP contribution in [-0.4, -0.2) is 29.1 Å². The fourth-order valence-electron chi connectivity index (χ4n) is 3.30. The van der Waals surface area contributed by atoms with E-state index in [9.17, 15) is 9.90 Å². The van der Waals surface area contributed by atoms with Gasteiger partial charge in [0.25, 0.3) is 0 Å². The first-order valence-electron chi connectivity index (χ1n) is 8.81. The number of fused-ring (bicyclic) bond motifs is 1. The Morgan fingerprint density at radius 1 is 1.23 bits per heavy atom. The molecule has 134 valence electrons. The fraction of sp³-hybridized carbons (Fsp3) is 0.300. The summed E-state index contributed by atoms with van der Waals surface area (Å²) in [7, 11) is 0. The van der Waals surface area contributed by atoms with Crippen LogP contribution >= 0.6 is 11.3 Å². The van der Waals surface area contributed by atoms with E-state index >= 15 is 0 Å². The number of carbonyl (C=O) groups is 1. The molecule has 0 saturated carbocycles. The summed E-state index contributed by atoms with van der Waals surface area (Å²) in [4.78, 5) is 19.5. The van der Waals surface area contributed by atoms with E-state index in [0.717, 1.165) is 36.6 Å². The second-order valence-corrected chi connectivity index (χ2v) is 7.74. The van der Waals surface area contributed by atoms with Gasteiger partial charge in [0.1, 0.15) is 5.75 Å². The number of aromatic nitrogens is 1. The van der Waals surface area contributed by atoms with Gasteiger partial charge in [0.05, 0.1) is 15.9 Å². The standard InChI is InChI=1S/C20H21N3O2S/c1-13-6-7-16-18(12-13)26-20(22-16)23-10-8-14(9-11-23)19(25)21-15-4-2-3-5-17(15)24/h2-7,12,14,24H,8-11H2,1H3,(H,21,25). The number of hydrogen-bond acceptors (Lipinski definition) is 5. The van der Waals surface area contributed by atoms with Gasteiger partial charge in [-0.2, -0.15) is 0 Å². The number of carbonyl (C=O) groups excluding carboxylic acids is 1. The number of aromatic hydroxyl groups is 1. The van der Waals surface area contributed by atoms with Gasteiger partial charge in [-0.15, -0.1) is 0 Å². The molecule has 0 radical (unpaired) electrons. The van der Waals surface area contributed by atoms with E-state index in [0.29, 0.717) is 5.69 Å². The Kier molecular flexibility index (Phi) is 4.51. The molecule has 1 aliphatic heterocycles. The number of para-hydroxylation sites is 2. The van der Waals surface area contributed by atoms with Gasteiger partial charge in [0.2, 0.25) is 5.91 Å².